The van der Waals surface area contributed by atoms with Crippen LogP contribution in [0.4, 0.5) is 30.7 Å². The molecule has 0 saturated heterocycles. The van der Waals surface area contributed by atoms with Gasteiger partial charge in [0.1, 0.15) is 5.75 Å². The Kier molecular flexibility index (Phi) is 7.51. The Balaban J connectivity index is 1.73. The van der Waals surface area contributed by atoms with Crippen molar-refractivity contribution in [1.82, 2.24) is 0 Å². The number of alkyl halides is 2. The van der Waals surface area contributed by atoms with E-state index >= 15 is 0 Å². The Morgan fingerprint density at radius 3 is 2.03 bits per heavy atom. The molecule has 0 aliphatic heterocycles. The minimum atomic E-state index is -4.86. The van der Waals surface area contributed by atoms with E-state index in [-0.39, 0.29) is 18.1 Å². The van der Waals surface area contributed by atoms with Gasteiger partial charge < -0.3 is 4.74 Å². The summed E-state index contributed by atoms with van der Waals surface area (Å²) in [4.78, 5) is 0. The van der Waals surface area contributed by atoms with Crippen LogP contribution in [0.25, 0.3) is 5.83 Å². The zero-order valence-corrected chi connectivity index (χ0v) is 17.4. The van der Waals surface area contributed by atoms with Crippen LogP contribution >= 0.6 is 0 Å². The summed E-state index contributed by atoms with van der Waals surface area (Å²) in [6, 6.07) is 5.79. The molecular formula is C24H23F7O. The summed E-state index contributed by atoms with van der Waals surface area (Å²) in [5, 5.41) is 0. The van der Waals surface area contributed by atoms with E-state index in [1.165, 1.54) is 18.6 Å². The standard InChI is InChI=1S/C24H23F7O/c1-2-3-14-4-6-15(7-5-14)16-8-10-17(11-9-16)21(27)23(29)24(30,31)32-18-12-19(25)22(28)20(26)13-18/h8-15H,2-7H2,1H3. The van der Waals surface area contributed by atoms with E-state index in [4.69, 9.17) is 0 Å². The van der Waals surface area contributed by atoms with E-state index in [1.807, 2.05) is 0 Å². The van der Waals surface area contributed by atoms with Gasteiger partial charge >= 0.3 is 6.11 Å². The van der Waals surface area contributed by atoms with E-state index in [0.717, 1.165) is 37.7 Å². The molecule has 1 fully saturated rings. The number of rotatable bonds is 7. The minimum absolute atomic E-state index is 0.113. The molecule has 8 heteroatoms. The summed E-state index contributed by atoms with van der Waals surface area (Å²) in [5.74, 6) is -10.1. The molecule has 0 N–H and O–H groups in total. The summed E-state index contributed by atoms with van der Waals surface area (Å²) < 4.78 is 99.8. The first-order valence-corrected chi connectivity index (χ1v) is 10.5. The normalized spacial score (nSPS) is 20.1. The zero-order chi connectivity index (χ0) is 23.5. The van der Waals surface area contributed by atoms with Gasteiger partial charge in [0.05, 0.1) is 0 Å². The maximum Gasteiger partial charge on any atom is 0.457 e. The molecule has 0 atom stereocenters. The van der Waals surface area contributed by atoms with E-state index in [0.29, 0.717) is 5.92 Å². The predicted octanol–water partition coefficient (Wildman–Crippen LogP) is 8.46. The highest BCUT2D eigenvalue weighted by molar-refractivity contribution is 5.62. The second kappa shape index (κ2) is 9.96. The van der Waals surface area contributed by atoms with Gasteiger partial charge in [-0.05, 0) is 43.1 Å². The van der Waals surface area contributed by atoms with Gasteiger partial charge in [-0.1, -0.05) is 44.0 Å². The van der Waals surface area contributed by atoms with Gasteiger partial charge in [-0.2, -0.15) is 13.2 Å². The van der Waals surface area contributed by atoms with Crippen molar-refractivity contribution >= 4 is 5.83 Å². The second-order valence-electron chi connectivity index (χ2n) is 8.08. The predicted molar refractivity (Wildman–Crippen MR) is 107 cm³/mol. The van der Waals surface area contributed by atoms with Crippen LogP contribution in [-0.2, 0) is 0 Å². The lowest BCUT2D eigenvalue weighted by atomic mass is 9.77. The summed E-state index contributed by atoms with van der Waals surface area (Å²) in [6.07, 6.45) is 1.61. The molecule has 174 valence electrons. The number of hydrogen-bond acceptors (Lipinski definition) is 1. The second-order valence-corrected chi connectivity index (χ2v) is 8.08. The van der Waals surface area contributed by atoms with Crippen LogP contribution in [0.3, 0.4) is 0 Å². The Morgan fingerprint density at radius 1 is 0.938 bits per heavy atom. The summed E-state index contributed by atoms with van der Waals surface area (Å²) >= 11 is 0. The van der Waals surface area contributed by atoms with Crippen LogP contribution in [0.5, 0.6) is 5.75 Å². The van der Waals surface area contributed by atoms with Gasteiger partial charge in [0.2, 0.25) is 5.83 Å². The fourth-order valence-corrected chi connectivity index (χ4v) is 4.13. The van der Waals surface area contributed by atoms with Crippen molar-refractivity contribution in [2.45, 2.75) is 57.5 Å². The Morgan fingerprint density at radius 2 is 1.50 bits per heavy atom. The number of hydrogen-bond donors (Lipinski definition) is 0. The molecule has 0 unspecified atom stereocenters. The summed E-state index contributed by atoms with van der Waals surface area (Å²) in [7, 11) is 0. The lowest BCUT2D eigenvalue weighted by Crippen LogP contribution is -2.26. The first kappa shape index (κ1) is 24.1. The molecule has 0 spiro atoms. The van der Waals surface area contributed by atoms with Crippen LogP contribution in [0.2, 0.25) is 0 Å². The highest BCUT2D eigenvalue weighted by Gasteiger charge is 2.42. The molecule has 32 heavy (non-hydrogen) atoms. The third-order valence-electron chi connectivity index (χ3n) is 5.83. The molecule has 0 aromatic heterocycles. The lowest BCUT2D eigenvalue weighted by molar-refractivity contribution is -0.156. The smallest absolute Gasteiger partial charge is 0.427 e. The van der Waals surface area contributed by atoms with Crippen molar-refractivity contribution < 1.29 is 35.5 Å². The van der Waals surface area contributed by atoms with E-state index in [1.54, 1.807) is 12.1 Å². The largest absolute Gasteiger partial charge is 0.457 e. The van der Waals surface area contributed by atoms with E-state index < -0.39 is 46.5 Å². The van der Waals surface area contributed by atoms with Crippen molar-refractivity contribution in [3.8, 4) is 5.75 Å². The van der Waals surface area contributed by atoms with Gasteiger partial charge in [-0.25, -0.2) is 17.6 Å². The molecule has 1 aliphatic rings. The topological polar surface area (TPSA) is 9.23 Å². The third-order valence-corrected chi connectivity index (χ3v) is 5.83. The average molecular weight is 460 g/mol. The van der Waals surface area contributed by atoms with Gasteiger partial charge in [0, 0.05) is 17.7 Å². The van der Waals surface area contributed by atoms with Crippen LogP contribution < -0.4 is 4.74 Å². The quantitative estimate of drug-likeness (QED) is 0.298. The number of benzene rings is 2. The van der Waals surface area contributed by atoms with Crippen LogP contribution in [-0.4, -0.2) is 6.11 Å². The molecule has 0 radical (unpaired) electrons. The molecule has 0 heterocycles. The maximum atomic E-state index is 14.4. The van der Waals surface area contributed by atoms with Gasteiger partial charge in [-0.3, -0.25) is 0 Å². The molecule has 2 aromatic carbocycles. The van der Waals surface area contributed by atoms with Gasteiger partial charge in [0.25, 0.3) is 0 Å². The minimum Gasteiger partial charge on any atom is -0.427 e. The fourth-order valence-electron chi connectivity index (χ4n) is 4.13. The van der Waals surface area contributed by atoms with Crippen LogP contribution in [0.15, 0.2) is 42.2 Å². The third kappa shape index (κ3) is 5.45. The van der Waals surface area contributed by atoms with Gasteiger partial charge in [0.15, 0.2) is 23.3 Å². The van der Waals surface area contributed by atoms with Gasteiger partial charge in [-0.15, -0.1) is 0 Å². The Labute approximate surface area is 181 Å². The molecular weight excluding hydrogens is 437 g/mol. The zero-order valence-electron chi connectivity index (χ0n) is 17.4. The first-order valence-electron chi connectivity index (χ1n) is 10.5. The molecule has 1 saturated carbocycles. The monoisotopic (exact) mass is 460 g/mol. The van der Waals surface area contributed by atoms with Crippen molar-refractivity contribution in [2.75, 3.05) is 0 Å². The molecule has 0 bridgehead atoms. The summed E-state index contributed by atoms with van der Waals surface area (Å²) in [5.41, 5.74) is 0.503. The molecule has 3 rings (SSSR count). The van der Waals surface area contributed by atoms with Crippen molar-refractivity contribution in [3.05, 3.63) is 70.8 Å². The molecule has 1 aliphatic carbocycles. The Hall–Kier alpha value is -2.51. The Bertz CT molecular complexity index is 938. The van der Waals surface area contributed by atoms with Crippen molar-refractivity contribution in [3.63, 3.8) is 0 Å². The lowest BCUT2D eigenvalue weighted by Gasteiger charge is -2.28. The van der Waals surface area contributed by atoms with E-state index in [9.17, 15) is 30.7 Å². The molecule has 0 amide bonds. The van der Waals surface area contributed by atoms with Crippen LogP contribution in [0.1, 0.15) is 62.5 Å². The average Bonchev–Trinajstić information content (AvgIpc) is 2.77. The number of halogens is 7. The molecule has 2 aromatic rings. The highest BCUT2D eigenvalue weighted by Crippen LogP contribution is 2.39. The highest BCUT2D eigenvalue weighted by atomic mass is 19.3. The summed E-state index contributed by atoms with van der Waals surface area (Å²) in [6.45, 7) is 2.15. The first-order chi connectivity index (χ1) is 15.1. The van der Waals surface area contributed by atoms with E-state index in [2.05, 4.69) is 11.7 Å². The van der Waals surface area contributed by atoms with Crippen molar-refractivity contribution in [2.24, 2.45) is 5.92 Å². The van der Waals surface area contributed by atoms with Crippen LogP contribution in [0, 0.1) is 23.4 Å². The molecule has 1 nitrogen and oxygen atoms in total. The van der Waals surface area contributed by atoms with Crippen molar-refractivity contribution in [1.29, 1.82) is 0 Å². The SMILES string of the molecule is CCCC1CCC(c2ccc(C(F)=C(F)C(F)(F)Oc3cc(F)c(F)c(F)c3)cc2)CC1. The number of ether oxygens (including phenoxy) is 1. The maximum absolute atomic E-state index is 14.4. The fraction of sp³-hybridized carbons (Fsp3) is 0.417.